The van der Waals surface area contributed by atoms with Gasteiger partial charge in [-0.3, -0.25) is 9.69 Å². The maximum atomic E-state index is 12.8. The Balaban J connectivity index is 1.47. The van der Waals surface area contributed by atoms with Crippen LogP contribution in [0.5, 0.6) is 5.75 Å². The predicted octanol–water partition coefficient (Wildman–Crippen LogP) is 2.25. The number of hydrogen-bond donors (Lipinski definition) is 1. The topological polar surface area (TPSA) is 49.8 Å². The highest BCUT2D eigenvalue weighted by Crippen LogP contribution is 2.43. The zero-order valence-corrected chi connectivity index (χ0v) is 11.9. The fourth-order valence-corrected chi connectivity index (χ4v) is 3.18. The largest absolute Gasteiger partial charge is 0.492 e. The predicted molar refractivity (Wildman–Crippen MR) is 75.7 cm³/mol. The highest BCUT2D eigenvalue weighted by Gasteiger charge is 2.45. The zero-order valence-electron chi connectivity index (χ0n) is 11.9. The number of aliphatic carboxylic acids is 1. The van der Waals surface area contributed by atoms with Crippen molar-refractivity contribution in [3.8, 4) is 5.75 Å². The van der Waals surface area contributed by atoms with Crippen molar-refractivity contribution in [1.29, 1.82) is 0 Å². The smallest absolute Gasteiger partial charge is 0.308 e. The summed E-state index contributed by atoms with van der Waals surface area (Å²) in [5, 5.41) is 9.31. The molecular formula is C16H20FNO3. The van der Waals surface area contributed by atoms with Crippen LogP contribution in [-0.4, -0.2) is 42.2 Å². The summed E-state index contributed by atoms with van der Waals surface area (Å²) >= 11 is 0. The van der Waals surface area contributed by atoms with Crippen LogP contribution in [0.15, 0.2) is 24.3 Å². The van der Waals surface area contributed by atoms with Gasteiger partial charge in [-0.25, -0.2) is 4.39 Å². The van der Waals surface area contributed by atoms with Crippen LogP contribution in [0.2, 0.25) is 0 Å². The molecule has 1 heterocycles. The Hall–Kier alpha value is -1.62. The molecule has 1 aliphatic heterocycles. The Bertz CT molecular complexity index is 501. The van der Waals surface area contributed by atoms with E-state index in [0.717, 1.165) is 6.54 Å². The van der Waals surface area contributed by atoms with Crippen molar-refractivity contribution >= 4 is 5.97 Å². The average molecular weight is 293 g/mol. The van der Waals surface area contributed by atoms with E-state index in [4.69, 9.17) is 4.74 Å². The van der Waals surface area contributed by atoms with Crippen LogP contribution in [0.3, 0.4) is 0 Å². The third kappa shape index (κ3) is 3.53. The van der Waals surface area contributed by atoms with E-state index < -0.39 is 5.97 Å². The molecule has 0 spiro atoms. The van der Waals surface area contributed by atoms with Gasteiger partial charge in [0.05, 0.1) is 5.92 Å². The van der Waals surface area contributed by atoms with Crippen molar-refractivity contribution in [1.82, 2.24) is 4.90 Å². The Morgan fingerprint density at radius 1 is 1.29 bits per heavy atom. The van der Waals surface area contributed by atoms with Gasteiger partial charge in [-0.1, -0.05) is 0 Å². The molecule has 21 heavy (non-hydrogen) atoms. The number of carbonyl (C=O) groups is 1. The summed E-state index contributed by atoms with van der Waals surface area (Å²) in [6, 6.07) is 5.95. The van der Waals surface area contributed by atoms with Gasteiger partial charge in [0.1, 0.15) is 18.2 Å². The lowest BCUT2D eigenvalue weighted by molar-refractivity contribution is -0.142. The highest BCUT2D eigenvalue weighted by atomic mass is 19.1. The van der Waals surface area contributed by atoms with Gasteiger partial charge in [0.25, 0.3) is 0 Å². The number of carboxylic acids is 1. The minimum absolute atomic E-state index is 0.233. The molecule has 4 nitrogen and oxygen atoms in total. The number of likely N-dealkylation sites (tertiary alicyclic amines) is 1. The molecule has 1 aliphatic carbocycles. The van der Waals surface area contributed by atoms with Crippen LogP contribution in [-0.2, 0) is 4.79 Å². The summed E-state index contributed by atoms with van der Waals surface area (Å²) in [6.07, 6.45) is 2.35. The molecule has 1 saturated carbocycles. The van der Waals surface area contributed by atoms with Crippen LogP contribution < -0.4 is 4.74 Å². The summed E-state index contributed by atoms with van der Waals surface area (Å²) in [7, 11) is 0. The lowest BCUT2D eigenvalue weighted by atomic mass is 9.92. The van der Waals surface area contributed by atoms with E-state index in [1.807, 2.05) is 0 Å². The molecule has 1 N–H and O–H groups in total. The molecule has 1 aromatic rings. The Labute approximate surface area is 123 Å². The van der Waals surface area contributed by atoms with E-state index in [1.165, 1.54) is 25.0 Å². The zero-order chi connectivity index (χ0) is 14.8. The lowest BCUT2D eigenvalue weighted by Crippen LogP contribution is -2.27. The van der Waals surface area contributed by atoms with Crippen molar-refractivity contribution in [3.05, 3.63) is 30.1 Å². The highest BCUT2D eigenvalue weighted by molar-refractivity contribution is 5.71. The monoisotopic (exact) mass is 293 g/mol. The number of ether oxygens (including phenoxy) is 1. The first-order valence-corrected chi connectivity index (χ1v) is 7.47. The molecule has 2 fully saturated rings. The summed E-state index contributed by atoms with van der Waals surface area (Å²) < 4.78 is 18.4. The van der Waals surface area contributed by atoms with Crippen molar-refractivity contribution in [2.75, 3.05) is 26.2 Å². The molecule has 1 aromatic carbocycles. The van der Waals surface area contributed by atoms with Gasteiger partial charge < -0.3 is 9.84 Å². The first-order chi connectivity index (χ1) is 10.1. The molecule has 1 saturated heterocycles. The standard InChI is InChI=1S/C16H20FNO3/c17-12-3-5-13(6-4-12)21-8-7-18-9-14(11-1-2-11)15(10-18)16(19)20/h3-6,11,14-15H,1-2,7-10H2,(H,19,20)/t14-,15+/m0/s1. The second-order valence-electron chi connectivity index (χ2n) is 6.01. The first-order valence-electron chi connectivity index (χ1n) is 7.47. The summed E-state index contributed by atoms with van der Waals surface area (Å²) in [5.74, 6) is 0.363. The molecule has 2 aliphatic rings. The van der Waals surface area contributed by atoms with Crippen LogP contribution in [0.25, 0.3) is 0 Å². The van der Waals surface area contributed by atoms with Crippen LogP contribution >= 0.6 is 0 Å². The van der Waals surface area contributed by atoms with Crippen LogP contribution in [0.1, 0.15) is 12.8 Å². The number of halogens is 1. The number of nitrogens with zero attached hydrogens (tertiary/aromatic N) is 1. The Morgan fingerprint density at radius 2 is 2.00 bits per heavy atom. The van der Waals surface area contributed by atoms with E-state index in [-0.39, 0.29) is 11.7 Å². The maximum absolute atomic E-state index is 12.8. The third-order valence-electron chi connectivity index (χ3n) is 4.48. The van der Waals surface area contributed by atoms with E-state index >= 15 is 0 Å². The lowest BCUT2D eigenvalue weighted by Gasteiger charge is -2.16. The fourth-order valence-electron chi connectivity index (χ4n) is 3.18. The molecule has 0 bridgehead atoms. The summed E-state index contributed by atoms with van der Waals surface area (Å²) in [5.41, 5.74) is 0. The number of carboxylic acid groups (broad SMARTS) is 1. The summed E-state index contributed by atoms with van der Waals surface area (Å²) in [4.78, 5) is 13.5. The fraction of sp³-hybridized carbons (Fsp3) is 0.562. The SMILES string of the molecule is O=C(O)[C@@H]1CN(CCOc2ccc(F)cc2)C[C@H]1C1CC1. The van der Waals surface area contributed by atoms with Gasteiger partial charge in [-0.15, -0.1) is 0 Å². The van der Waals surface area contributed by atoms with Crippen molar-refractivity contribution in [3.63, 3.8) is 0 Å². The van der Waals surface area contributed by atoms with Gasteiger partial charge in [0.2, 0.25) is 0 Å². The summed E-state index contributed by atoms with van der Waals surface area (Å²) in [6.45, 7) is 2.68. The van der Waals surface area contributed by atoms with Gasteiger partial charge >= 0.3 is 5.97 Å². The molecule has 2 atom stereocenters. The Kier molecular flexibility index (Phi) is 4.10. The van der Waals surface area contributed by atoms with E-state index in [1.54, 1.807) is 12.1 Å². The van der Waals surface area contributed by atoms with Gasteiger partial charge in [-0.2, -0.15) is 0 Å². The molecule has 114 valence electrons. The van der Waals surface area contributed by atoms with Gasteiger partial charge in [0.15, 0.2) is 0 Å². The second kappa shape index (κ2) is 6.02. The molecule has 0 amide bonds. The van der Waals surface area contributed by atoms with Gasteiger partial charge in [-0.05, 0) is 48.9 Å². The molecule has 5 heteroatoms. The normalized spacial score (nSPS) is 26.0. The minimum atomic E-state index is -0.672. The van der Waals surface area contributed by atoms with Crippen molar-refractivity contribution in [2.24, 2.45) is 17.8 Å². The Morgan fingerprint density at radius 3 is 2.62 bits per heavy atom. The molecule has 0 unspecified atom stereocenters. The molecule has 3 rings (SSSR count). The number of rotatable bonds is 6. The quantitative estimate of drug-likeness (QED) is 0.874. The molecule has 0 radical (unpaired) electrons. The molecule has 0 aromatic heterocycles. The van der Waals surface area contributed by atoms with Crippen LogP contribution in [0.4, 0.5) is 4.39 Å². The maximum Gasteiger partial charge on any atom is 0.308 e. The van der Waals surface area contributed by atoms with E-state index in [2.05, 4.69) is 4.90 Å². The number of benzene rings is 1. The van der Waals surface area contributed by atoms with E-state index in [9.17, 15) is 14.3 Å². The first kappa shape index (κ1) is 14.3. The minimum Gasteiger partial charge on any atom is -0.492 e. The van der Waals surface area contributed by atoms with Crippen molar-refractivity contribution in [2.45, 2.75) is 12.8 Å². The van der Waals surface area contributed by atoms with E-state index in [0.29, 0.717) is 37.3 Å². The average Bonchev–Trinajstić information content (AvgIpc) is 3.21. The number of hydrogen-bond acceptors (Lipinski definition) is 3. The third-order valence-corrected chi connectivity index (χ3v) is 4.48. The molecular weight excluding hydrogens is 273 g/mol. The second-order valence-corrected chi connectivity index (χ2v) is 6.01. The van der Waals surface area contributed by atoms with Crippen LogP contribution in [0, 0.1) is 23.6 Å². The van der Waals surface area contributed by atoms with Crippen molar-refractivity contribution < 1.29 is 19.0 Å². The van der Waals surface area contributed by atoms with Gasteiger partial charge in [0, 0.05) is 19.6 Å².